The van der Waals surface area contributed by atoms with Gasteiger partial charge in [-0.15, -0.1) is 4.40 Å². The Balaban J connectivity index is 1.69. The van der Waals surface area contributed by atoms with Crippen molar-refractivity contribution >= 4 is 21.8 Å². The Kier molecular flexibility index (Phi) is 5.36. The number of sulfonamides is 1. The Morgan fingerprint density at radius 1 is 1.26 bits per heavy atom. The van der Waals surface area contributed by atoms with Crippen LogP contribution in [0.15, 0.2) is 52.6 Å². The Hall–Kier alpha value is -2.61. The molecule has 0 saturated heterocycles. The molecule has 1 N–H and O–H groups in total. The van der Waals surface area contributed by atoms with E-state index in [4.69, 9.17) is 4.74 Å². The molecule has 1 amide bonds. The van der Waals surface area contributed by atoms with Gasteiger partial charge in [0.15, 0.2) is 0 Å². The van der Waals surface area contributed by atoms with Crippen molar-refractivity contribution in [3.05, 3.63) is 53.8 Å². The molecule has 0 fully saturated rings. The maximum atomic E-state index is 12.6. The number of hydrogen-bond acceptors (Lipinski definition) is 5. The molecule has 27 heavy (non-hydrogen) atoms. The van der Waals surface area contributed by atoms with Crippen molar-refractivity contribution in [2.45, 2.75) is 32.9 Å². The van der Waals surface area contributed by atoms with E-state index in [1.165, 1.54) is 0 Å². The van der Waals surface area contributed by atoms with Crippen LogP contribution in [0.4, 0.5) is 0 Å². The van der Waals surface area contributed by atoms with Crippen LogP contribution in [0.1, 0.15) is 32.4 Å². The lowest BCUT2D eigenvalue weighted by molar-refractivity contribution is -0.117. The molecule has 2 aliphatic heterocycles. The van der Waals surface area contributed by atoms with Crippen molar-refractivity contribution in [1.82, 2.24) is 10.2 Å². The first-order chi connectivity index (χ1) is 12.7. The minimum atomic E-state index is -3.41. The molecule has 0 aromatic heterocycles. The number of carbonyl (C=O) groups excluding carboxylic acids is 1. The van der Waals surface area contributed by atoms with Crippen molar-refractivity contribution in [3.8, 4) is 5.75 Å². The van der Waals surface area contributed by atoms with Gasteiger partial charge in [-0.3, -0.25) is 4.79 Å². The summed E-state index contributed by atoms with van der Waals surface area (Å²) >= 11 is 0. The molecule has 1 aromatic rings. The number of nitrogens with zero attached hydrogens (tertiary/aromatic N) is 2. The highest BCUT2D eigenvalue weighted by molar-refractivity contribution is 7.90. The average molecular weight is 389 g/mol. The summed E-state index contributed by atoms with van der Waals surface area (Å²) in [7, 11) is -3.41. The van der Waals surface area contributed by atoms with E-state index >= 15 is 0 Å². The van der Waals surface area contributed by atoms with Gasteiger partial charge in [-0.2, -0.15) is 0 Å². The molecular weight excluding hydrogens is 366 g/mol. The zero-order chi connectivity index (χ0) is 19.6. The second kappa shape index (κ2) is 7.56. The first-order valence-electron chi connectivity index (χ1n) is 8.80. The van der Waals surface area contributed by atoms with Gasteiger partial charge in [-0.25, -0.2) is 8.42 Å². The zero-order valence-corrected chi connectivity index (χ0v) is 16.4. The van der Waals surface area contributed by atoms with Gasteiger partial charge in [0.05, 0.1) is 23.5 Å². The van der Waals surface area contributed by atoms with Gasteiger partial charge >= 0.3 is 0 Å². The van der Waals surface area contributed by atoms with Crippen LogP contribution in [0.5, 0.6) is 5.75 Å². The summed E-state index contributed by atoms with van der Waals surface area (Å²) < 4.78 is 32.5. The molecule has 0 radical (unpaired) electrons. The normalized spacial score (nSPS) is 19.0. The van der Waals surface area contributed by atoms with E-state index in [9.17, 15) is 13.2 Å². The Bertz CT molecular complexity index is 932. The SMILES string of the molecule is CC(C)Oc1cccc(C(C)NC(=O)C2=CN3CCS(=O)(=O)N=C3C=C2)c1. The van der Waals surface area contributed by atoms with Crippen molar-refractivity contribution in [3.63, 3.8) is 0 Å². The lowest BCUT2D eigenvalue weighted by Gasteiger charge is -2.27. The van der Waals surface area contributed by atoms with E-state index in [-0.39, 0.29) is 30.4 Å². The molecule has 1 atom stereocenters. The van der Waals surface area contributed by atoms with Gasteiger partial charge < -0.3 is 15.0 Å². The van der Waals surface area contributed by atoms with Crippen LogP contribution in [0, 0.1) is 0 Å². The summed E-state index contributed by atoms with van der Waals surface area (Å²) in [6, 6.07) is 7.42. The fourth-order valence-corrected chi connectivity index (χ4v) is 3.80. The van der Waals surface area contributed by atoms with Crippen LogP contribution in [0.3, 0.4) is 0 Å². The van der Waals surface area contributed by atoms with Gasteiger partial charge in [-0.1, -0.05) is 12.1 Å². The summed E-state index contributed by atoms with van der Waals surface area (Å²) in [5.41, 5.74) is 1.39. The molecule has 1 unspecified atom stereocenters. The molecule has 2 heterocycles. The first kappa shape index (κ1) is 19.2. The number of amidine groups is 1. The summed E-state index contributed by atoms with van der Waals surface area (Å²) in [4.78, 5) is 14.3. The largest absolute Gasteiger partial charge is 0.491 e. The topological polar surface area (TPSA) is 88.1 Å². The lowest BCUT2D eigenvalue weighted by Crippen LogP contribution is -2.38. The fraction of sp³-hybridized carbons (Fsp3) is 0.368. The predicted octanol–water partition coefficient (Wildman–Crippen LogP) is 2.15. The van der Waals surface area contributed by atoms with Crippen molar-refractivity contribution in [2.24, 2.45) is 4.40 Å². The van der Waals surface area contributed by atoms with Crippen LogP contribution in [-0.4, -0.2) is 43.5 Å². The highest BCUT2D eigenvalue weighted by Gasteiger charge is 2.25. The second-order valence-corrected chi connectivity index (χ2v) is 8.54. The van der Waals surface area contributed by atoms with Gasteiger partial charge in [-0.05, 0) is 50.6 Å². The molecule has 0 aliphatic carbocycles. The van der Waals surface area contributed by atoms with Gasteiger partial charge in [0.2, 0.25) is 0 Å². The predicted molar refractivity (Wildman–Crippen MR) is 104 cm³/mol. The Morgan fingerprint density at radius 2 is 2.04 bits per heavy atom. The monoisotopic (exact) mass is 389 g/mol. The maximum Gasteiger partial charge on any atom is 0.256 e. The lowest BCUT2D eigenvalue weighted by atomic mass is 10.1. The van der Waals surface area contributed by atoms with E-state index < -0.39 is 10.0 Å². The van der Waals surface area contributed by atoms with Crippen LogP contribution in [0.2, 0.25) is 0 Å². The number of rotatable bonds is 5. The molecule has 1 aromatic carbocycles. The quantitative estimate of drug-likeness (QED) is 0.834. The first-order valence-corrected chi connectivity index (χ1v) is 10.4. The molecule has 0 spiro atoms. The Labute approximate surface area is 159 Å². The summed E-state index contributed by atoms with van der Waals surface area (Å²) in [5.74, 6) is 0.802. The number of benzene rings is 1. The molecular formula is C19H23N3O4S. The minimum absolute atomic E-state index is 0.0607. The number of nitrogens with one attached hydrogen (secondary N) is 1. The van der Waals surface area contributed by atoms with Crippen LogP contribution in [-0.2, 0) is 14.8 Å². The van der Waals surface area contributed by atoms with Gasteiger partial charge in [0.25, 0.3) is 15.9 Å². The molecule has 7 nitrogen and oxygen atoms in total. The number of ether oxygens (including phenoxy) is 1. The molecule has 144 valence electrons. The van der Waals surface area contributed by atoms with E-state index in [2.05, 4.69) is 9.71 Å². The maximum absolute atomic E-state index is 12.6. The number of hydrogen-bond donors (Lipinski definition) is 1. The average Bonchev–Trinajstić information content (AvgIpc) is 2.60. The third-order valence-electron chi connectivity index (χ3n) is 4.16. The third kappa shape index (κ3) is 4.77. The highest BCUT2D eigenvalue weighted by Crippen LogP contribution is 2.21. The summed E-state index contributed by atoms with van der Waals surface area (Å²) in [6.45, 7) is 6.11. The van der Waals surface area contributed by atoms with Gasteiger partial charge in [0, 0.05) is 12.7 Å². The van der Waals surface area contributed by atoms with Crippen LogP contribution < -0.4 is 10.1 Å². The smallest absolute Gasteiger partial charge is 0.256 e. The fourth-order valence-electron chi connectivity index (χ4n) is 2.83. The van der Waals surface area contributed by atoms with Crippen LogP contribution in [0.25, 0.3) is 0 Å². The van der Waals surface area contributed by atoms with E-state index in [1.54, 1.807) is 23.3 Å². The number of amides is 1. The minimum Gasteiger partial charge on any atom is -0.491 e. The molecule has 0 saturated carbocycles. The second-order valence-electron chi connectivity index (χ2n) is 6.78. The molecule has 2 aliphatic rings. The molecule has 3 rings (SSSR count). The van der Waals surface area contributed by atoms with Gasteiger partial charge in [0.1, 0.15) is 11.6 Å². The van der Waals surface area contributed by atoms with E-state index in [1.807, 2.05) is 45.0 Å². The molecule has 8 heteroatoms. The zero-order valence-electron chi connectivity index (χ0n) is 15.5. The van der Waals surface area contributed by atoms with Crippen LogP contribution >= 0.6 is 0 Å². The van der Waals surface area contributed by atoms with E-state index in [0.717, 1.165) is 11.3 Å². The highest BCUT2D eigenvalue weighted by atomic mass is 32.2. The van der Waals surface area contributed by atoms with E-state index in [0.29, 0.717) is 11.4 Å². The summed E-state index contributed by atoms with van der Waals surface area (Å²) in [5, 5.41) is 2.96. The number of fused-ring (bicyclic) bond motifs is 1. The van der Waals surface area contributed by atoms with Crippen molar-refractivity contribution in [2.75, 3.05) is 12.3 Å². The molecule has 0 bridgehead atoms. The third-order valence-corrected chi connectivity index (χ3v) is 5.33. The van der Waals surface area contributed by atoms with Crippen molar-refractivity contribution in [1.29, 1.82) is 0 Å². The standard InChI is InChI=1S/C19H23N3O4S/c1-13(2)26-17-6-4-5-15(11-17)14(3)20-19(23)16-7-8-18-21-27(24,25)10-9-22(18)12-16/h4-8,11-14H,9-10H2,1-3H3,(H,20,23). The summed E-state index contributed by atoms with van der Waals surface area (Å²) in [6.07, 6.45) is 4.84. The van der Waals surface area contributed by atoms with Crippen molar-refractivity contribution < 1.29 is 17.9 Å². The Morgan fingerprint density at radius 3 is 2.78 bits per heavy atom. The number of carbonyl (C=O) groups is 1.